The minimum Gasteiger partial charge on any atom is -0.497 e. The van der Waals surface area contributed by atoms with E-state index in [-0.39, 0.29) is 29.2 Å². The number of ether oxygens (including phenoxy) is 1. The van der Waals surface area contributed by atoms with Gasteiger partial charge in [-0.05, 0) is 42.0 Å². The first-order valence-electron chi connectivity index (χ1n) is 10.4. The van der Waals surface area contributed by atoms with Gasteiger partial charge >= 0.3 is 6.03 Å². The number of carbonyl (C=O) groups is 1. The van der Waals surface area contributed by atoms with Crippen LogP contribution < -0.4 is 15.2 Å². The third-order valence-electron chi connectivity index (χ3n) is 5.60. The number of aromatic nitrogens is 2. The van der Waals surface area contributed by atoms with Gasteiger partial charge in [0, 0.05) is 12.3 Å². The Hall–Kier alpha value is -4.18. The Bertz CT molecular complexity index is 1560. The number of hydrogen-bond acceptors (Lipinski definition) is 6. The van der Waals surface area contributed by atoms with Gasteiger partial charge in [0.25, 0.3) is 15.6 Å². The molecule has 10 heteroatoms. The van der Waals surface area contributed by atoms with E-state index in [1.165, 1.54) is 28.5 Å². The molecule has 0 spiro atoms. The van der Waals surface area contributed by atoms with Crippen molar-refractivity contribution >= 4 is 27.4 Å². The van der Waals surface area contributed by atoms with Gasteiger partial charge in [-0.2, -0.15) is 0 Å². The smallest absolute Gasteiger partial charge is 0.339 e. The van der Waals surface area contributed by atoms with Gasteiger partial charge in [-0.3, -0.25) is 14.1 Å². The normalized spacial score (nSPS) is 14.8. The van der Waals surface area contributed by atoms with E-state index in [0.29, 0.717) is 22.7 Å². The van der Waals surface area contributed by atoms with Gasteiger partial charge < -0.3 is 4.74 Å². The van der Waals surface area contributed by atoms with E-state index in [1.54, 1.807) is 66.9 Å². The first-order chi connectivity index (χ1) is 16.4. The molecule has 3 heterocycles. The molecule has 34 heavy (non-hydrogen) atoms. The van der Waals surface area contributed by atoms with Gasteiger partial charge in [0.15, 0.2) is 0 Å². The number of pyridine rings is 1. The van der Waals surface area contributed by atoms with Crippen LogP contribution in [0.3, 0.4) is 0 Å². The van der Waals surface area contributed by atoms with Crippen LogP contribution in [-0.2, 0) is 23.1 Å². The first-order valence-corrected chi connectivity index (χ1v) is 11.9. The van der Waals surface area contributed by atoms with Gasteiger partial charge in [0.05, 0.1) is 31.6 Å². The molecule has 5 rings (SSSR count). The number of rotatable bonds is 5. The lowest BCUT2D eigenvalue weighted by Crippen LogP contribution is -2.50. The standard InChI is InChI=1S/C24H20N4O5S/c1-33-19-11-9-17(10-12-19)15-28-24(30)27(20-6-2-3-7-21(20)34(28,31)32)16-18-14-23(29)26-13-5-4-8-22(26)25-18/h2-14H,15-16H2,1H3. The minimum absolute atomic E-state index is 0.0145. The lowest BCUT2D eigenvalue weighted by molar-refractivity contribution is 0.226. The van der Waals surface area contributed by atoms with E-state index in [4.69, 9.17) is 4.74 Å². The number of para-hydroxylation sites is 1. The number of urea groups is 1. The Morgan fingerprint density at radius 3 is 2.41 bits per heavy atom. The molecule has 0 radical (unpaired) electrons. The molecular formula is C24H20N4O5S. The summed E-state index contributed by atoms with van der Waals surface area (Å²) in [4.78, 5) is 31.9. The number of carbonyl (C=O) groups excluding carboxylic acids is 1. The number of sulfonamides is 1. The Balaban J connectivity index is 1.56. The molecule has 9 nitrogen and oxygen atoms in total. The largest absolute Gasteiger partial charge is 0.497 e. The summed E-state index contributed by atoms with van der Waals surface area (Å²) in [6, 6.07) is 18.9. The zero-order chi connectivity index (χ0) is 23.9. The molecule has 1 aliphatic heterocycles. The third kappa shape index (κ3) is 3.67. The summed E-state index contributed by atoms with van der Waals surface area (Å²) in [6.45, 7) is -0.213. The lowest BCUT2D eigenvalue weighted by atomic mass is 10.2. The quantitative estimate of drug-likeness (QED) is 0.439. The van der Waals surface area contributed by atoms with Crippen LogP contribution in [0, 0.1) is 0 Å². The molecule has 0 unspecified atom stereocenters. The Morgan fingerprint density at radius 2 is 1.65 bits per heavy atom. The maximum Gasteiger partial charge on any atom is 0.339 e. The maximum atomic E-state index is 13.5. The molecule has 4 aromatic rings. The average Bonchev–Trinajstić information content (AvgIpc) is 2.85. The summed E-state index contributed by atoms with van der Waals surface area (Å²) in [7, 11) is -2.55. The molecule has 172 valence electrons. The van der Waals surface area contributed by atoms with Crippen LogP contribution >= 0.6 is 0 Å². The molecular weight excluding hydrogens is 456 g/mol. The van der Waals surface area contributed by atoms with Crippen molar-refractivity contribution in [3.63, 3.8) is 0 Å². The van der Waals surface area contributed by atoms with Gasteiger partial charge in [-0.15, -0.1) is 0 Å². The topological polar surface area (TPSA) is 101 Å². The fourth-order valence-corrected chi connectivity index (χ4v) is 5.46. The second-order valence-corrected chi connectivity index (χ2v) is 9.54. The van der Waals surface area contributed by atoms with Crippen LogP contribution in [0.25, 0.3) is 5.65 Å². The summed E-state index contributed by atoms with van der Waals surface area (Å²) in [6.07, 6.45) is 1.61. The molecule has 2 aromatic carbocycles. The Kier molecular flexibility index (Phi) is 5.29. The molecule has 0 saturated heterocycles. The summed E-state index contributed by atoms with van der Waals surface area (Å²) in [5, 5.41) is 0. The third-order valence-corrected chi connectivity index (χ3v) is 7.36. The van der Waals surface area contributed by atoms with Crippen LogP contribution in [0.15, 0.2) is 88.7 Å². The van der Waals surface area contributed by atoms with Crippen molar-refractivity contribution in [3.05, 3.63) is 101 Å². The number of nitrogens with zero attached hydrogens (tertiary/aromatic N) is 4. The zero-order valence-electron chi connectivity index (χ0n) is 18.2. The molecule has 1 aliphatic rings. The maximum absolute atomic E-state index is 13.5. The van der Waals surface area contributed by atoms with Crippen LogP contribution in [0.4, 0.5) is 10.5 Å². The van der Waals surface area contributed by atoms with E-state index < -0.39 is 16.1 Å². The zero-order valence-corrected chi connectivity index (χ0v) is 19.0. The van der Waals surface area contributed by atoms with E-state index in [9.17, 15) is 18.0 Å². The van der Waals surface area contributed by atoms with Crippen molar-refractivity contribution < 1.29 is 17.9 Å². The van der Waals surface area contributed by atoms with Crippen molar-refractivity contribution in [2.45, 2.75) is 18.0 Å². The molecule has 0 atom stereocenters. The van der Waals surface area contributed by atoms with E-state index >= 15 is 0 Å². The highest BCUT2D eigenvalue weighted by Gasteiger charge is 2.41. The summed E-state index contributed by atoms with van der Waals surface area (Å²) < 4.78 is 34.1. The molecule has 0 fully saturated rings. The predicted octanol–water partition coefficient (Wildman–Crippen LogP) is 3.03. The number of fused-ring (bicyclic) bond motifs is 2. The van der Waals surface area contributed by atoms with Crippen LogP contribution in [0.5, 0.6) is 5.75 Å². The van der Waals surface area contributed by atoms with Crippen LogP contribution in [-0.4, -0.2) is 35.2 Å². The minimum atomic E-state index is -4.09. The van der Waals surface area contributed by atoms with Gasteiger partial charge in [-0.1, -0.05) is 30.3 Å². The summed E-state index contributed by atoms with van der Waals surface area (Å²) in [5.74, 6) is 0.622. The van der Waals surface area contributed by atoms with Gasteiger partial charge in [-0.25, -0.2) is 22.5 Å². The van der Waals surface area contributed by atoms with E-state index in [2.05, 4.69) is 4.98 Å². The van der Waals surface area contributed by atoms with Gasteiger partial charge in [0.1, 0.15) is 16.3 Å². The predicted molar refractivity (Wildman–Crippen MR) is 125 cm³/mol. The summed E-state index contributed by atoms with van der Waals surface area (Å²) in [5.41, 5.74) is 1.36. The number of methoxy groups -OCH3 is 1. The molecule has 2 aromatic heterocycles. The fourth-order valence-electron chi connectivity index (χ4n) is 3.91. The van der Waals surface area contributed by atoms with Crippen molar-refractivity contribution in [2.75, 3.05) is 12.0 Å². The molecule has 0 bridgehead atoms. The monoisotopic (exact) mass is 476 g/mol. The Morgan fingerprint density at radius 1 is 0.912 bits per heavy atom. The number of benzene rings is 2. The van der Waals surface area contributed by atoms with Crippen LogP contribution in [0.2, 0.25) is 0 Å². The SMILES string of the molecule is COc1ccc(CN2C(=O)N(Cc3cc(=O)n4ccccc4n3)c3ccccc3S2(=O)=O)cc1. The second-order valence-electron chi connectivity index (χ2n) is 7.71. The van der Waals surface area contributed by atoms with E-state index in [1.807, 2.05) is 0 Å². The number of amides is 2. The van der Waals surface area contributed by atoms with Crippen molar-refractivity contribution in [1.82, 2.24) is 13.7 Å². The highest BCUT2D eigenvalue weighted by Crippen LogP contribution is 2.36. The first kappa shape index (κ1) is 21.7. The average molecular weight is 477 g/mol. The molecule has 2 amide bonds. The van der Waals surface area contributed by atoms with E-state index in [0.717, 1.165) is 4.31 Å². The number of anilines is 1. The Labute approximate surface area is 195 Å². The van der Waals surface area contributed by atoms with Crippen molar-refractivity contribution in [1.29, 1.82) is 0 Å². The second kappa shape index (κ2) is 8.31. The van der Waals surface area contributed by atoms with Crippen molar-refractivity contribution in [3.8, 4) is 5.75 Å². The van der Waals surface area contributed by atoms with Gasteiger partial charge in [0.2, 0.25) is 0 Å². The lowest BCUT2D eigenvalue weighted by Gasteiger charge is -2.36. The highest BCUT2D eigenvalue weighted by atomic mass is 32.2. The molecule has 0 saturated carbocycles. The van der Waals surface area contributed by atoms with Crippen LogP contribution in [0.1, 0.15) is 11.3 Å². The summed E-state index contributed by atoms with van der Waals surface area (Å²) >= 11 is 0. The molecule has 0 N–H and O–H groups in total. The van der Waals surface area contributed by atoms with Crippen molar-refractivity contribution in [2.24, 2.45) is 0 Å². The fraction of sp³-hybridized carbons (Fsp3) is 0.125. The molecule has 0 aliphatic carbocycles. The number of hydrogen-bond donors (Lipinski definition) is 0. The highest BCUT2D eigenvalue weighted by molar-refractivity contribution is 7.90.